The third-order valence-electron chi connectivity index (χ3n) is 5.45. The Hall–Kier alpha value is -2.56. The number of carbonyl (C=O) groups excluding carboxylic acids is 1. The van der Waals surface area contributed by atoms with Crippen molar-refractivity contribution in [3.05, 3.63) is 65.2 Å². The van der Waals surface area contributed by atoms with Crippen LogP contribution in [-0.4, -0.2) is 45.4 Å². The Kier molecular flexibility index (Phi) is 6.39. The van der Waals surface area contributed by atoms with Gasteiger partial charge >= 0.3 is 0 Å². The zero-order valence-corrected chi connectivity index (χ0v) is 17.2. The number of nitrogens with zero attached hydrogens (tertiary/aromatic N) is 1. The van der Waals surface area contributed by atoms with Gasteiger partial charge < -0.3 is 10.1 Å². The molecule has 0 saturated carbocycles. The Morgan fingerprint density at radius 1 is 1.17 bits per heavy atom. The monoisotopic (exact) mass is 439 g/mol. The maximum atomic E-state index is 13.9. The third-order valence-corrected chi connectivity index (χ3v) is 6.54. The van der Waals surface area contributed by atoms with Crippen molar-refractivity contribution < 1.29 is 26.7 Å². The van der Waals surface area contributed by atoms with Gasteiger partial charge in [0.1, 0.15) is 17.4 Å². The van der Waals surface area contributed by atoms with E-state index in [0.717, 1.165) is 10.4 Å². The zero-order valence-electron chi connectivity index (χ0n) is 16.4. The van der Waals surface area contributed by atoms with Crippen LogP contribution in [0.15, 0.2) is 42.5 Å². The number of para-hydroxylation sites is 1. The molecule has 0 bridgehead atoms. The molecular weight excluding hydrogens is 416 g/mol. The Bertz CT molecular complexity index is 1020. The van der Waals surface area contributed by atoms with Gasteiger partial charge in [-0.2, -0.15) is 12.7 Å². The standard InChI is InChI=1S/C20H23F2N3O4S/c1-29-18-5-3-2-4-17(18)19(26)24-13-20(14-10-15(21)12-16(22)11-14)6-8-25(9-7-20)30(23,27)28/h2-5,10-12H,6-9,13H2,1H3,(H,24,26)(H2,23,27,28). The number of nitrogens with one attached hydrogen (secondary N) is 1. The van der Waals surface area contributed by atoms with Crippen LogP contribution in [0.25, 0.3) is 0 Å². The largest absolute Gasteiger partial charge is 0.496 e. The van der Waals surface area contributed by atoms with Crippen molar-refractivity contribution in [3.63, 3.8) is 0 Å². The number of hydrogen-bond acceptors (Lipinski definition) is 4. The second kappa shape index (κ2) is 8.66. The molecule has 1 heterocycles. The summed E-state index contributed by atoms with van der Waals surface area (Å²) in [5.41, 5.74) is -0.182. The fourth-order valence-electron chi connectivity index (χ4n) is 3.77. The van der Waals surface area contributed by atoms with Crippen LogP contribution < -0.4 is 15.2 Å². The van der Waals surface area contributed by atoms with Crippen LogP contribution in [0, 0.1) is 11.6 Å². The van der Waals surface area contributed by atoms with Crippen LogP contribution in [0.3, 0.4) is 0 Å². The second-order valence-electron chi connectivity index (χ2n) is 7.27. The normalized spacial score (nSPS) is 16.8. The number of amides is 1. The van der Waals surface area contributed by atoms with Crippen LogP contribution in [0.1, 0.15) is 28.8 Å². The van der Waals surface area contributed by atoms with Gasteiger partial charge in [0.05, 0.1) is 12.7 Å². The highest BCUT2D eigenvalue weighted by Gasteiger charge is 2.39. The molecule has 1 aliphatic heterocycles. The van der Waals surface area contributed by atoms with Crippen molar-refractivity contribution in [1.29, 1.82) is 0 Å². The molecule has 30 heavy (non-hydrogen) atoms. The van der Waals surface area contributed by atoms with Gasteiger partial charge in [0.2, 0.25) is 0 Å². The molecule has 0 aromatic heterocycles. The van der Waals surface area contributed by atoms with Crippen LogP contribution in [-0.2, 0) is 15.6 Å². The van der Waals surface area contributed by atoms with Gasteiger partial charge in [-0.25, -0.2) is 13.9 Å². The molecule has 1 saturated heterocycles. The molecule has 1 fully saturated rings. The van der Waals surface area contributed by atoms with Crippen molar-refractivity contribution in [2.75, 3.05) is 26.7 Å². The van der Waals surface area contributed by atoms with E-state index in [1.165, 1.54) is 19.2 Å². The van der Waals surface area contributed by atoms with E-state index in [1.54, 1.807) is 24.3 Å². The van der Waals surface area contributed by atoms with E-state index in [0.29, 0.717) is 16.9 Å². The number of halogens is 2. The predicted octanol–water partition coefficient (Wildman–Crippen LogP) is 1.94. The van der Waals surface area contributed by atoms with E-state index in [-0.39, 0.29) is 32.5 Å². The first-order valence-corrected chi connectivity index (χ1v) is 10.8. The van der Waals surface area contributed by atoms with E-state index < -0.39 is 33.2 Å². The van der Waals surface area contributed by atoms with E-state index in [4.69, 9.17) is 9.88 Å². The lowest BCUT2D eigenvalue weighted by Crippen LogP contribution is -2.51. The van der Waals surface area contributed by atoms with Gasteiger partial charge in [-0.15, -0.1) is 0 Å². The number of hydrogen-bond donors (Lipinski definition) is 2. The number of nitrogens with two attached hydrogens (primary N) is 1. The Balaban J connectivity index is 1.88. The molecular formula is C20H23F2N3O4S. The van der Waals surface area contributed by atoms with Gasteiger partial charge in [0.15, 0.2) is 0 Å². The first-order valence-electron chi connectivity index (χ1n) is 9.30. The SMILES string of the molecule is COc1ccccc1C(=O)NCC1(c2cc(F)cc(F)c2)CCN(S(N)(=O)=O)CC1. The van der Waals surface area contributed by atoms with E-state index in [9.17, 15) is 22.0 Å². The lowest BCUT2D eigenvalue weighted by molar-refractivity contribution is 0.0930. The lowest BCUT2D eigenvalue weighted by atomic mass is 9.73. The summed E-state index contributed by atoms with van der Waals surface area (Å²) in [6, 6.07) is 9.87. The summed E-state index contributed by atoms with van der Waals surface area (Å²) in [5.74, 6) is -1.49. The highest BCUT2D eigenvalue weighted by Crippen LogP contribution is 2.36. The summed E-state index contributed by atoms with van der Waals surface area (Å²) in [5, 5.41) is 8.02. The summed E-state index contributed by atoms with van der Waals surface area (Å²) in [7, 11) is -2.43. The summed E-state index contributed by atoms with van der Waals surface area (Å²) in [6.45, 7) is 0.203. The molecule has 2 aromatic carbocycles. The highest BCUT2D eigenvalue weighted by molar-refractivity contribution is 7.86. The molecule has 0 radical (unpaired) electrons. The maximum absolute atomic E-state index is 13.9. The Morgan fingerprint density at radius 3 is 2.33 bits per heavy atom. The van der Waals surface area contributed by atoms with E-state index in [1.807, 2.05) is 0 Å². The molecule has 0 unspecified atom stereocenters. The molecule has 1 amide bonds. The molecule has 1 aliphatic rings. The molecule has 3 N–H and O–H groups in total. The van der Waals surface area contributed by atoms with Gasteiger partial charge in [-0.05, 0) is 42.7 Å². The van der Waals surface area contributed by atoms with E-state index >= 15 is 0 Å². The predicted molar refractivity (Wildman–Crippen MR) is 107 cm³/mol. The number of carbonyl (C=O) groups is 1. The van der Waals surface area contributed by atoms with Crippen LogP contribution in [0.5, 0.6) is 5.75 Å². The molecule has 3 rings (SSSR count). The molecule has 2 aromatic rings. The maximum Gasteiger partial charge on any atom is 0.276 e. The summed E-state index contributed by atoms with van der Waals surface area (Å²) >= 11 is 0. The molecule has 162 valence electrons. The number of piperidine rings is 1. The minimum atomic E-state index is -3.88. The molecule has 0 atom stereocenters. The minimum absolute atomic E-state index is 0.0607. The van der Waals surface area contributed by atoms with Crippen LogP contribution in [0.2, 0.25) is 0 Å². The van der Waals surface area contributed by atoms with Crippen molar-refractivity contribution in [2.24, 2.45) is 5.14 Å². The first kappa shape index (κ1) is 22.1. The van der Waals surface area contributed by atoms with Crippen molar-refractivity contribution in [1.82, 2.24) is 9.62 Å². The van der Waals surface area contributed by atoms with Gasteiger partial charge in [0.25, 0.3) is 16.1 Å². The van der Waals surface area contributed by atoms with Crippen LogP contribution >= 0.6 is 0 Å². The zero-order chi connectivity index (χ0) is 21.9. The molecule has 10 heteroatoms. The third kappa shape index (κ3) is 4.77. The Labute approximate surface area is 174 Å². The average Bonchev–Trinajstić information content (AvgIpc) is 2.71. The number of ether oxygens (including phenoxy) is 1. The highest BCUT2D eigenvalue weighted by atomic mass is 32.2. The van der Waals surface area contributed by atoms with Crippen molar-refractivity contribution in [2.45, 2.75) is 18.3 Å². The smallest absolute Gasteiger partial charge is 0.276 e. The molecule has 0 spiro atoms. The number of methoxy groups -OCH3 is 1. The quantitative estimate of drug-likeness (QED) is 0.718. The molecule has 7 nitrogen and oxygen atoms in total. The first-order chi connectivity index (χ1) is 14.1. The Morgan fingerprint density at radius 2 is 1.77 bits per heavy atom. The van der Waals surface area contributed by atoms with Gasteiger partial charge in [-0.3, -0.25) is 4.79 Å². The van der Waals surface area contributed by atoms with E-state index in [2.05, 4.69) is 5.32 Å². The van der Waals surface area contributed by atoms with Gasteiger partial charge in [0, 0.05) is 31.1 Å². The van der Waals surface area contributed by atoms with Crippen LogP contribution in [0.4, 0.5) is 8.78 Å². The second-order valence-corrected chi connectivity index (χ2v) is 8.81. The fourth-order valence-corrected chi connectivity index (χ4v) is 4.46. The lowest BCUT2D eigenvalue weighted by Gasteiger charge is -2.41. The minimum Gasteiger partial charge on any atom is -0.496 e. The van der Waals surface area contributed by atoms with Gasteiger partial charge in [-0.1, -0.05) is 12.1 Å². The number of rotatable bonds is 6. The summed E-state index contributed by atoms with van der Waals surface area (Å²) in [4.78, 5) is 12.7. The summed E-state index contributed by atoms with van der Waals surface area (Å²) < 4.78 is 57.5. The van der Waals surface area contributed by atoms with Crippen molar-refractivity contribution in [3.8, 4) is 5.75 Å². The van der Waals surface area contributed by atoms with Crippen molar-refractivity contribution >= 4 is 16.1 Å². The average molecular weight is 439 g/mol. The fraction of sp³-hybridized carbons (Fsp3) is 0.350. The summed E-state index contributed by atoms with van der Waals surface area (Å²) in [6.07, 6.45) is 0.469. The topological polar surface area (TPSA) is 102 Å². The number of benzene rings is 2. The molecule has 0 aliphatic carbocycles.